The number of aryl methyl sites for hydroxylation is 1. The van der Waals surface area contributed by atoms with Crippen molar-refractivity contribution < 1.29 is 4.74 Å². The zero-order valence-corrected chi connectivity index (χ0v) is 12.7. The molecule has 1 aromatic carbocycles. The highest BCUT2D eigenvalue weighted by Crippen LogP contribution is 2.25. The Labute approximate surface area is 117 Å². The molecule has 2 N–H and O–H groups in total. The van der Waals surface area contributed by atoms with Crippen molar-refractivity contribution in [1.82, 2.24) is 4.90 Å². The normalized spacial score (nSPS) is 14.6. The van der Waals surface area contributed by atoms with Gasteiger partial charge in [0.25, 0.3) is 0 Å². The number of methoxy groups -OCH3 is 1. The van der Waals surface area contributed by atoms with Crippen LogP contribution in [0.5, 0.6) is 0 Å². The standard InChI is InChI=1S/C16H28N2O/c1-5-15(17)16(18(6-2)10-11-19-4)14-9-7-8-13(3)12-14/h7-9,12,15-16H,5-6,10-11,17H2,1-4H3. The van der Waals surface area contributed by atoms with E-state index in [4.69, 9.17) is 10.5 Å². The minimum absolute atomic E-state index is 0.151. The number of nitrogens with zero attached hydrogens (tertiary/aromatic N) is 1. The molecule has 1 rings (SSSR count). The van der Waals surface area contributed by atoms with Crippen molar-refractivity contribution in [3.63, 3.8) is 0 Å². The molecular formula is C16H28N2O. The average Bonchev–Trinajstić information content (AvgIpc) is 2.42. The van der Waals surface area contributed by atoms with E-state index in [-0.39, 0.29) is 12.1 Å². The maximum atomic E-state index is 6.37. The summed E-state index contributed by atoms with van der Waals surface area (Å²) < 4.78 is 5.21. The molecular weight excluding hydrogens is 236 g/mol. The molecule has 2 atom stereocenters. The number of ether oxygens (including phenoxy) is 1. The van der Waals surface area contributed by atoms with Crippen molar-refractivity contribution >= 4 is 0 Å². The lowest BCUT2D eigenvalue weighted by Crippen LogP contribution is -2.42. The summed E-state index contributed by atoms with van der Waals surface area (Å²) >= 11 is 0. The van der Waals surface area contributed by atoms with Gasteiger partial charge in [0.15, 0.2) is 0 Å². The summed E-state index contributed by atoms with van der Waals surface area (Å²) in [5.41, 5.74) is 8.96. The van der Waals surface area contributed by atoms with Crippen LogP contribution in [0.15, 0.2) is 24.3 Å². The molecule has 1 aromatic rings. The van der Waals surface area contributed by atoms with Gasteiger partial charge in [-0.05, 0) is 25.5 Å². The van der Waals surface area contributed by atoms with Crippen LogP contribution in [0.3, 0.4) is 0 Å². The van der Waals surface area contributed by atoms with Crippen LogP contribution in [-0.2, 0) is 4.74 Å². The first-order valence-corrected chi connectivity index (χ1v) is 7.19. The molecule has 3 nitrogen and oxygen atoms in total. The molecule has 0 aliphatic carbocycles. The van der Waals surface area contributed by atoms with Gasteiger partial charge in [0, 0.05) is 25.7 Å². The average molecular weight is 264 g/mol. The molecule has 0 spiro atoms. The van der Waals surface area contributed by atoms with Crippen LogP contribution in [0.1, 0.15) is 37.4 Å². The minimum atomic E-state index is 0.151. The van der Waals surface area contributed by atoms with E-state index in [1.54, 1.807) is 7.11 Å². The van der Waals surface area contributed by atoms with Gasteiger partial charge in [0.2, 0.25) is 0 Å². The van der Waals surface area contributed by atoms with Gasteiger partial charge in [-0.1, -0.05) is 43.7 Å². The molecule has 3 heteroatoms. The third-order valence-electron chi connectivity index (χ3n) is 3.64. The third-order valence-corrected chi connectivity index (χ3v) is 3.64. The topological polar surface area (TPSA) is 38.5 Å². The van der Waals surface area contributed by atoms with Gasteiger partial charge < -0.3 is 10.5 Å². The molecule has 108 valence electrons. The van der Waals surface area contributed by atoms with E-state index in [2.05, 4.69) is 49.9 Å². The first-order chi connectivity index (χ1) is 9.13. The fraction of sp³-hybridized carbons (Fsp3) is 0.625. The molecule has 2 unspecified atom stereocenters. The number of hydrogen-bond donors (Lipinski definition) is 1. The largest absolute Gasteiger partial charge is 0.383 e. The number of rotatable bonds is 8. The molecule has 0 aliphatic heterocycles. The van der Waals surface area contributed by atoms with E-state index >= 15 is 0 Å². The summed E-state index contributed by atoms with van der Waals surface area (Å²) in [4.78, 5) is 2.41. The van der Waals surface area contributed by atoms with Crippen molar-refractivity contribution in [2.75, 3.05) is 26.8 Å². The van der Waals surface area contributed by atoms with Crippen molar-refractivity contribution in [3.05, 3.63) is 35.4 Å². The van der Waals surface area contributed by atoms with Crippen molar-refractivity contribution in [2.24, 2.45) is 5.73 Å². The zero-order valence-electron chi connectivity index (χ0n) is 12.7. The molecule has 19 heavy (non-hydrogen) atoms. The molecule has 0 heterocycles. The van der Waals surface area contributed by atoms with Gasteiger partial charge in [-0.2, -0.15) is 0 Å². The molecule has 0 bridgehead atoms. The van der Waals surface area contributed by atoms with E-state index in [1.807, 2.05) is 0 Å². The first-order valence-electron chi connectivity index (χ1n) is 7.19. The molecule has 0 amide bonds. The van der Waals surface area contributed by atoms with Crippen molar-refractivity contribution in [2.45, 2.75) is 39.3 Å². The van der Waals surface area contributed by atoms with E-state index in [0.29, 0.717) is 0 Å². The second-order valence-corrected chi connectivity index (χ2v) is 5.05. The third kappa shape index (κ3) is 4.60. The fourth-order valence-electron chi connectivity index (χ4n) is 2.51. The predicted octanol–water partition coefficient (Wildman–Crippen LogP) is 2.74. The highest BCUT2D eigenvalue weighted by Gasteiger charge is 2.24. The molecule has 0 saturated carbocycles. The fourth-order valence-corrected chi connectivity index (χ4v) is 2.51. The molecule has 0 radical (unpaired) electrons. The first kappa shape index (κ1) is 16.2. The Bertz CT molecular complexity index is 368. The van der Waals surface area contributed by atoms with Gasteiger partial charge in [0.05, 0.1) is 6.61 Å². The van der Waals surface area contributed by atoms with Gasteiger partial charge in [0.1, 0.15) is 0 Å². The summed E-state index contributed by atoms with van der Waals surface area (Å²) in [7, 11) is 1.75. The van der Waals surface area contributed by atoms with Crippen LogP contribution in [-0.4, -0.2) is 37.7 Å². The van der Waals surface area contributed by atoms with E-state index in [9.17, 15) is 0 Å². The molecule has 0 aliphatic rings. The highest BCUT2D eigenvalue weighted by molar-refractivity contribution is 5.26. The summed E-state index contributed by atoms with van der Waals surface area (Å²) in [6.45, 7) is 9.10. The maximum Gasteiger partial charge on any atom is 0.0589 e. The van der Waals surface area contributed by atoms with Gasteiger partial charge in [-0.3, -0.25) is 4.90 Å². The number of benzene rings is 1. The lowest BCUT2D eigenvalue weighted by atomic mass is 9.95. The summed E-state index contributed by atoms with van der Waals surface area (Å²) in [6.07, 6.45) is 0.974. The van der Waals surface area contributed by atoms with Crippen molar-refractivity contribution in [1.29, 1.82) is 0 Å². The van der Waals surface area contributed by atoms with Crippen LogP contribution in [0.4, 0.5) is 0 Å². The van der Waals surface area contributed by atoms with Crippen LogP contribution in [0, 0.1) is 6.92 Å². The summed E-state index contributed by atoms with van der Waals surface area (Å²) in [5, 5.41) is 0. The van der Waals surface area contributed by atoms with Crippen LogP contribution >= 0.6 is 0 Å². The zero-order chi connectivity index (χ0) is 14.3. The Morgan fingerprint density at radius 1 is 1.32 bits per heavy atom. The Balaban J connectivity index is 2.98. The van der Waals surface area contributed by atoms with Crippen LogP contribution < -0.4 is 5.73 Å². The van der Waals surface area contributed by atoms with E-state index in [1.165, 1.54) is 11.1 Å². The SMILES string of the molecule is CCC(N)C(c1cccc(C)c1)N(CC)CCOC. The predicted molar refractivity (Wildman–Crippen MR) is 81.3 cm³/mol. The summed E-state index contributed by atoms with van der Waals surface area (Å²) in [5.74, 6) is 0. The quantitative estimate of drug-likeness (QED) is 0.784. The Kier molecular flexibility index (Phi) is 7.06. The highest BCUT2D eigenvalue weighted by atomic mass is 16.5. The smallest absolute Gasteiger partial charge is 0.0589 e. The number of likely N-dealkylation sites (N-methyl/N-ethyl adjacent to an activating group) is 1. The Morgan fingerprint density at radius 2 is 2.05 bits per heavy atom. The number of hydrogen-bond acceptors (Lipinski definition) is 3. The minimum Gasteiger partial charge on any atom is -0.383 e. The molecule has 0 aromatic heterocycles. The lowest BCUT2D eigenvalue weighted by Gasteiger charge is -2.35. The van der Waals surface area contributed by atoms with Gasteiger partial charge >= 0.3 is 0 Å². The monoisotopic (exact) mass is 264 g/mol. The Morgan fingerprint density at radius 3 is 2.58 bits per heavy atom. The van der Waals surface area contributed by atoms with Gasteiger partial charge in [-0.25, -0.2) is 0 Å². The van der Waals surface area contributed by atoms with Crippen LogP contribution in [0.2, 0.25) is 0 Å². The second kappa shape index (κ2) is 8.31. The molecule has 0 saturated heterocycles. The van der Waals surface area contributed by atoms with Crippen LogP contribution in [0.25, 0.3) is 0 Å². The second-order valence-electron chi connectivity index (χ2n) is 5.05. The van der Waals surface area contributed by atoms with E-state index < -0.39 is 0 Å². The number of nitrogens with two attached hydrogens (primary N) is 1. The Hall–Kier alpha value is -0.900. The molecule has 0 fully saturated rings. The lowest BCUT2D eigenvalue weighted by molar-refractivity contribution is 0.112. The van der Waals surface area contributed by atoms with Gasteiger partial charge in [-0.15, -0.1) is 0 Å². The van der Waals surface area contributed by atoms with E-state index in [0.717, 1.165) is 26.1 Å². The maximum absolute atomic E-state index is 6.37. The summed E-state index contributed by atoms with van der Waals surface area (Å²) in [6, 6.07) is 9.09. The van der Waals surface area contributed by atoms with Crippen molar-refractivity contribution in [3.8, 4) is 0 Å².